The van der Waals surface area contributed by atoms with Crippen LogP contribution in [0.1, 0.15) is 46.0 Å². The van der Waals surface area contributed by atoms with Crippen LogP contribution in [0.25, 0.3) is 0 Å². The molecule has 1 atom stereocenters. The average molecular weight is 280 g/mol. The van der Waals surface area contributed by atoms with Crippen LogP contribution in [0.2, 0.25) is 0 Å². The first-order chi connectivity index (χ1) is 8.16. The zero-order chi connectivity index (χ0) is 12.9. The van der Waals surface area contributed by atoms with E-state index in [1.807, 2.05) is 10.8 Å². The van der Waals surface area contributed by atoms with Gasteiger partial charge < -0.3 is 9.84 Å². The van der Waals surface area contributed by atoms with Crippen LogP contribution in [0.3, 0.4) is 0 Å². The highest BCUT2D eigenvalue weighted by molar-refractivity contribution is 8.76. The van der Waals surface area contributed by atoms with E-state index in [9.17, 15) is 4.79 Å². The summed E-state index contributed by atoms with van der Waals surface area (Å²) in [5.74, 6) is 1.29. The topological polar surface area (TPSA) is 46.5 Å². The van der Waals surface area contributed by atoms with E-state index in [0.29, 0.717) is 6.10 Å². The van der Waals surface area contributed by atoms with Crippen LogP contribution in [0.15, 0.2) is 0 Å². The smallest absolute Gasteiger partial charge is 0.303 e. The molecule has 17 heavy (non-hydrogen) atoms. The number of unbranched alkanes of at least 4 members (excludes halogenated alkanes) is 1. The van der Waals surface area contributed by atoms with E-state index in [0.717, 1.165) is 37.4 Å². The van der Waals surface area contributed by atoms with E-state index in [1.165, 1.54) is 6.42 Å². The Balaban J connectivity index is 3.13. The lowest BCUT2D eigenvalue weighted by atomic mass is 10.3. The van der Waals surface area contributed by atoms with Gasteiger partial charge in [-0.3, -0.25) is 4.79 Å². The van der Waals surface area contributed by atoms with E-state index in [1.54, 1.807) is 10.8 Å². The second kappa shape index (κ2) is 12.6. The number of aliphatic carboxylic acids is 1. The molecule has 3 nitrogen and oxygen atoms in total. The summed E-state index contributed by atoms with van der Waals surface area (Å²) in [5, 5.41) is 8.46. The fraction of sp³-hybridized carbons (Fsp3) is 0.917. The lowest BCUT2D eigenvalue weighted by molar-refractivity contribution is -0.137. The predicted molar refractivity (Wildman–Crippen MR) is 76.7 cm³/mol. The summed E-state index contributed by atoms with van der Waals surface area (Å²) in [5.41, 5.74) is 0. The molecule has 0 aromatic carbocycles. The van der Waals surface area contributed by atoms with Gasteiger partial charge in [0.1, 0.15) is 0 Å². The molecule has 0 heterocycles. The Labute approximate surface area is 112 Å². The summed E-state index contributed by atoms with van der Waals surface area (Å²) < 4.78 is 5.64. The molecule has 102 valence electrons. The minimum absolute atomic E-state index is 0.282. The van der Waals surface area contributed by atoms with Crippen molar-refractivity contribution in [1.29, 1.82) is 0 Å². The van der Waals surface area contributed by atoms with Crippen molar-refractivity contribution < 1.29 is 14.6 Å². The monoisotopic (exact) mass is 280 g/mol. The Hall–Kier alpha value is 0.130. The summed E-state index contributed by atoms with van der Waals surface area (Å²) in [7, 11) is 3.58. The van der Waals surface area contributed by atoms with Gasteiger partial charge in [-0.1, -0.05) is 34.9 Å². The zero-order valence-electron chi connectivity index (χ0n) is 10.8. The first kappa shape index (κ1) is 17.1. The summed E-state index contributed by atoms with van der Waals surface area (Å²) in [6, 6.07) is 0. The van der Waals surface area contributed by atoms with Gasteiger partial charge in [-0.25, -0.2) is 0 Å². The molecule has 0 aromatic heterocycles. The summed E-state index contributed by atoms with van der Waals surface area (Å²) in [6.45, 7) is 5.15. The molecule has 0 saturated carbocycles. The van der Waals surface area contributed by atoms with E-state index in [-0.39, 0.29) is 6.42 Å². The van der Waals surface area contributed by atoms with Crippen LogP contribution in [-0.4, -0.2) is 35.3 Å². The molecule has 0 aliphatic rings. The molecule has 1 N–H and O–H groups in total. The van der Waals surface area contributed by atoms with Gasteiger partial charge in [0, 0.05) is 24.5 Å². The lowest BCUT2D eigenvalue weighted by Gasteiger charge is -2.11. The number of rotatable bonds is 12. The Kier molecular flexibility index (Phi) is 12.7. The van der Waals surface area contributed by atoms with Gasteiger partial charge >= 0.3 is 5.97 Å². The molecule has 1 unspecified atom stereocenters. The molecule has 0 bridgehead atoms. The molecule has 0 rings (SSSR count). The standard InChI is InChI=1S/C12H24O3S2/c1-3-4-8-15-11(2)7-10-17-16-9-5-6-12(13)14/h11H,3-10H2,1-2H3,(H,13,14). The highest BCUT2D eigenvalue weighted by atomic mass is 33.1. The van der Waals surface area contributed by atoms with Crippen molar-refractivity contribution in [2.24, 2.45) is 0 Å². The van der Waals surface area contributed by atoms with Crippen LogP contribution >= 0.6 is 21.6 Å². The maximum atomic E-state index is 10.3. The summed E-state index contributed by atoms with van der Waals surface area (Å²) >= 11 is 0. The molecular formula is C12H24O3S2. The van der Waals surface area contributed by atoms with E-state index in [4.69, 9.17) is 9.84 Å². The third kappa shape index (κ3) is 14.1. The fourth-order valence-corrected chi connectivity index (χ4v) is 3.40. The molecule has 0 radical (unpaired) electrons. The largest absolute Gasteiger partial charge is 0.481 e. The highest BCUT2D eigenvalue weighted by Gasteiger charge is 2.02. The van der Waals surface area contributed by atoms with Gasteiger partial charge in [0.25, 0.3) is 0 Å². The molecule has 0 saturated heterocycles. The number of carbonyl (C=O) groups is 1. The zero-order valence-corrected chi connectivity index (χ0v) is 12.4. The Morgan fingerprint density at radius 1 is 1.29 bits per heavy atom. The van der Waals surface area contributed by atoms with Crippen molar-refractivity contribution in [3.8, 4) is 0 Å². The van der Waals surface area contributed by atoms with Crippen LogP contribution in [0.4, 0.5) is 0 Å². The number of ether oxygens (including phenoxy) is 1. The second-order valence-electron chi connectivity index (χ2n) is 3.96. The van der Waals surface area contributed by atoms with Crippen molar-refractivity contribution in [2.75, 3.05) is 18.1 Å². The molecule has 0 fully saturated rings. The second-order valence-corrected chi connectivity index (χ2v) is 6.67. The Morgan fingerprint density at radius 3 is 2.65 bits per heavy atom. The van der Waals surface area contributed by atoms with E-state index >= 15 is 0 Å². The molecular weight excluding hydrogens is 256 g/mol. The van der Waals surface area contributed by atoms with Gasteiger partial charge in [0.05, 0.1) is 6.10 Å². The van der Waals surface area contributed by atoms with E-state index < -0.39 is 5.97 Å². The van der Waals surface area contributed by atoms with Gasteiger partial charge in [0.2, 0.25) is 0 Å². The van der Waals surface area contributed by atoms with Gasteiger partial charge in [0.15, 0.2) is 0 Å². The fourth-order valence-electron chi connectivity index (χ4n) is 1.13. The Bertz CT molecular complexity index is 189. The third-order valence-corrected chi connectivity index (χ3v) is 4.73. The highest BCUT2D eigenvalue weighted by Crippen LogP contribution is 2.24. The van der Waals surface area contributed by atoms with Crippen molar-refractivity contribution in [2.45, 2.75) is 52.1 Å². The van der Waals surface area contributed by atoms with Crippen molar-refractivity contribution in [3.63, 3.8) is 0 Å². The van der Waals surface area contributed by atoms with Crippen molar-refractivity contribution >= 4 is 27.6 Å². The van der Waals surface area contributed by atoms with Gasteiger partial charge in [-0.2, -0.15) is 0 Å². The maximum absolute atomic E-state index is 10.3. The minimum Gasteiger partial charge on any atom is -0.481 e. The first-order valence-electron chi connectivity index (χ1n) is 6.24. The summed E-state index contributed by atoms with van der Waals surface area (Å²) in [4.78, 5) is 10.3. The van der Waals surface area contributed by atoms with Crippen molar-refractivity contribution in [1.82, 2.24) is 0 Å². The van der Waals surface area contributed by atoms with Crippen LogP contribution in [-0.2, 0) is 9.53 Å². The minimum atomic E-state index is -0.700. The quantitative estimate of drug-likeness (QED) is 0.435. The van der Waals surface area contributed by atoms with Crippen LogP contribution in [0.5, 0.6) is 0 Å². The average Bonchev–Trinajstić information content (AvgIpc) is 2.28. The molecule has 0 spiro atoms. The molecule has 0 aromatic rings. The Morgan fingerprint density at radius 2 is 2.00 bits per heavy atom. The van der Waals surface area contributed by atoms with Crippen LogP contribution < -0.4 is 0 Å². The van der Waals surface area contributed by atoms with Crippen molar-refractivity contribution in [3.05, 3.63) is 0 Å². The number of hydrogen-bond donors (Lipinski definition) is 1. The number of carboxylic acids is 1. The molecule has 0 amide bonds. The normalized spacial score (nSPS) is 12.6. The third-order valence-electron chi connectivity index (χ3n) is 2.21. The van der Waals surface area contributed by atoms with Gasteiger partial charge in [-0.05, 0) is 26.2 Å². The predicted octanol–water partition coefficient (Wildman–Crippen LogP) is 3.83. The van der Waals surface area contributed by atoms with Crippen LogP contribution in [0, 0.1) is 0 Å². The summed E-state index contributed by atoms with van der Waals surface area (Å²) in [6.07, 6.45) is 4.77. The number of hydrogen-bond acceptors (Lipinski definition) is 4. The SMILES string of the molecule is CCCCOC(C)CCSSCCCC(=O)O. The maximum Gasteiger partial charge on any atom is 0.303 e. The van der Waals surface area contributed by atoms with E-state index in [2.05, 4.69) is 13.8 Å². The molecule has 5 heteroatoms. The number of carboxylic acid groups (broad SMARTS) is 1. The molecule has 0 aliphatic heterocycles. The first-order valence-corrected chi connectivity index (χ1v) is 8.73. The molecule has 0 aliphatic carbocycles. The van der Waals surface area contributed by atoms with Gasteiger partial charge in [-0.15, -0.1) is 0 Å². The lowest BCUT2D eigenvalue weighted by Crippen LogP contribution is -2.09.